The molecule has 0 aliphatic carbocycles. The van der Waals surface area contributed by atoms with Crippen LogP contribution in [-0.4, -0.2) is 15.5 Å². The van der Waals surface area contributed by atoms with Crippen LogP contribution < -0.4 is 10.9 Å². The van der Waals surface area contributed by atoms with Crippen LogP contribution >= 0.6 is 11.3 Å². The second kappa shape index (κ2) is 7.78. The summed E-state index contributed by atoms with van der Waals surface area (Å²) < 4.78 is 1.92. The number of hydrogen-bond acceptors (Lipinski definition) is 4. The Kier molecular flexibility index (Phi) is 5.04. The number of aromatic nitrogens is 2. The van der Waals surface area contributed by atoms with Crippen LogP contribution in [0.15, 0.2) is 77.9 Å². The van der Waals surface area contributed by atoms with E-state index in [9.17, 15) is 9.59 Å². The largest absolute Gasteiger partial charge is 0.348 e. The van der Waals surface area contributed by atoms with Crippen LogP contribution in [0.3, 0.4) is 0 Å². The number of rotatable bonds is 5. The highest BCUT2D eigenvalue weighted by atomic mass is 32.1. The fraction of sp³-hybridized carbons (Fsp3) is 0.136. The first kappa shape index (κ1) is 18.1. The number of fused-ring (bicyclic) bond motifs is 1. The second-order valence-electron chi connectivity index (χ2n) is 6.57. The summed E-state index contributed by atoms with van der Waals surface area (Å²) in [4.78, 5) is 30.6. The van der Waals surface area contributed by atoms with Gasteiger partial charge < -0.3 is 5.32 Å². The van der Waals surface area contributed by atoms with Crippen LogP contribution in [0.2, 0.25) is 0 Å². The molecule has 0 unspecified atom stereocenters. The van der Waals surface area contributed by atoms with Gasteiger partial charge in [0, 0.05) is 4.88 Å². The maximum Gasteiger partial charge on any atom is 0.271 e. The zero-order valence-electron chi connectivity index (χ0n) is 15.3. The summed E-state index contributed by atoms with van der Waals surface area (Å²) in [5.74, 6) is -0.223. The summed E-state index contributed by atoms with van der Waals surface area (Å²) in [7, 11) is 0. The molecule has 0 radical (unpaired) electrons. The van der Waals surface area contributed by atoms with Crippen LogP contribution in [0.1, 0.15) is 18.5 Å². The predicted octanol–water partition coefficient (Wildman–Crippen LogP) is 4.00. The molecule has 2 aromatic heterocycles. The van der Waals surface area contributed by atoms with Crippen molar-refractivity contribution in [2.24, 2.45) is 0 Å². The first-order valence-electron chi connectivity index (χ1n) is 9.00. The lowest BCUT2D eigenvalue weighted by atomic mass is 10.1. The number of nitrogens with zero attached hydrogens (tertiary/aromatic N) is 2. The van der Waals surface area contributed by atoms with E-state index in [0.29, 0.717) is 10.2 Å². The molecule has 2 heterocycles. The number of amides is 1. The van der Waals surface area contributed by atoms with Crippen molar-refractivity contribution in [3.63, 3.8) is 0 Å². The molecular formula is C22H19N3O2S. The van der Waals surface area contributed by atoms with E-state index >= 15 is 0 Å². The van der Waals surface area contributed by atoms with Gasteiger partial charge in [-0.3, -0.25) is 14.2 Å². The molecule has 28 heavy (non-hydrogen) atoms. The quantitative estimate of drug-likeness (QED) is 0.561. The topological polar surface area (TPSA) is 64.0 Å². The summed E-state index contributed by atoms with van der Waals surface area (Å²) in [6.45, 7) is 1.86. The lowest BCUT2D eigenvalue weighted by Crippen LogP contribution is -2.33. The molecule has 0 aliphatic heterocycles. The van der Waals surface area contributed by atoms with Gasteiger partial charge in [-0.15, -0.1) is 11.3 Å². The van der Waals surface area contributed by atoms with E-state index in [-0.39, 0.29) is 24.1 Å². The third-order valence-electron chi connectivity index (χ3n) is 4.55. The summed E-state index contributed by atoms with van der Waals surface area (Å²) in [5, 5.41) is 2.93. The molecule has 6 heteroatoms. The number of benzene rings is 2. The van der Waals surface area contributed by atoms with Crippen LogP contribution in [0.5, 0.6) is 0 Å². The molecule has 1 atom stereocenters. The van der Waals surface area contributed by atoms with Crippen LogP contribution in [0.25, 0.3) is 20.7 Å². The fourth-order valence-electron chi connectivity index (χ4n) is 3.07. The lowest BCUT2D eigenvalue weighted by molar-refractivity contribution is -0.122. The average molecular weight is 389 g/mol. The van der Waals surface area contributed by atoms with Crippen molar-refractivity contribution in [3.8, 4) is 10.4 Å². The molecule has 0 aliphatic rings. The molecule has 140 valence electrons. The maximum atomic E-state index is 12.8. The number of nitrogens with one attached hydrogen (secondary N) is 1. The number of carbonyl (C=O) groups excluding carboxylic acids is 1. The summed E-state index contributed by atoms with van der Waals surface area (Å²) in [5.41, 5.74) is 2.52. The molecule has 1 amide bonds. The highest BCUT2D eigenvalue weighted by molar-refractivity contribution is 7.22. The Labute approximate surface area is 166 Å². The van der Waals surface area contributed by atoms with Crippen molar-refractivity contribution >= 4 is 27.5 Å². The van der Waals surface area contributed by atoms with E-state index in [1.54, 1.807) is 0 Å². The lowest BCUT2D eigenvalue weighted by Gasteiger charge is -2.14. The first-order chi connectivity index (χ1) is 13.6. The zero-order chi connectivity index (χ0) is 19.5. The summed E-state index contributed by atoms with van der Waals surface area (Å²) in [6.07, 6.45) is 1.44. The smallest absolute Gasteiger partial charge is 0.271 e. The summed E-state index contributed by atoms with van der Waals surface area (Å²) in [6, 6.07) is 21.4. The van der Waals surface area contributed by atoms with Gasteiger partial charge in [0.2, 0.25) is 5.91 Å². The number of thiophene rings is 1. The van der Waals surface area contributed by atoms with Crippen LogP contribution in [0, 0.1) is 0 Å². The van der Waals surface area contributed by atoms with E-state index < -0.39 is 0 Å². The van der Waals surface area contributed by atoms with Gasteiger partial charge in [-0.25, -0.2) is 4.98 Å². The third-order valence-corrected chi connectivity index (χ3v) is 5.71. The fourth-order valence-corrected chi connectivity index (χ4v) is 4.13. The molecule has 2 aromatic carbocycles. The molecule has 5 nitrogen and oxygen atoms in total. The van der Waals surface area contributed by atoms with Gasteiger partial charge in [-0.05, 0) is 24.1 Å². The minimum atomic E-state index is -0.223. The molecule has 0 saturated carbocycles. The minimum Gasteiger partial charge on any atom is -0.348 e. The normalized spacial score (nSPS) is 12.0. The Hall–Kier alpha value is -3.25. The molecular weight excluding hydrogens is 370 g/mol. The molecule has 0 saturated heterocycles. The Bertz CT molecular complexity index is 1170. The minimum absolute atomic E-state index is 0.0580. The second-order valence-corrected chi connectivity index (χ2v) is 7.62. The highest BCUT2D eigenvalue weighted by Crippen LogP contribution is 2.30. The van der Waals surface area contributed by atoms with Gasteiger partial charge in [-0.2, -0.15) is 0 Å². The highest BCUT2D eigenvalue weighted by Gasteiger charge is 2.14. The predicted molar refractivity (Wildman–Crippen MR) is 112 cm³/mol. The van der Waals surface area contributed by atoms with Gasteiger partial charge in [0.1, 0.15) is 11.2 Å². The molecule has 0 spiro atoms. The Morgan fingerprint density at radius 3 is 2.50 bits per heavy atom. The van der Waals surface area contributed by atoms with Gasteiger partial charge in [0.15, 0.2) is 0 Å². The molecule has 0 fully saturated rings. The van der Waals surface area contributed by atoms with Crippen molar-refractivity contribution in [2.45, 2.75) is 19.5 Å². The zero-order valence-corrected chi connectivity index (χ0v) is 16.1. The first-order valence-corrected chi connectivity index (χ1v) is 9.82. The van der Waals surface area contributed by atoms with Crippen molar-refractivity contribution in [1.82, 2.24) is 14.9 Å². The standard InChI is InChI=1S/C22H19N3O2S/c1-15(16-8-4-2-5-9-16)24-20(26)13-25-14-23-18-12-19(28-21(18)22(25)27)17-10-6-3-7-11-17/h2-12,14-15H,13H2,1H3,(H,24,26)/t15-/m1/s1. The maximum absolute atomic E-state index is 12.8. The van der Waals surface area contributed by atoms with Gasteiger partial charge >= 0.3 is 0 Å². The SMILES string of the molecule is C[C@@H](NC(=O)Cn1cnc2cc(-c3ccccc3)sc2c1=O)c1ccccc1. The third kappa shape index (κ3) is 3.73. The van der Waals surface area contributed by atoms with Gasteiger partial charge in [0.25, 0.3) is 5.56 Å². The average Bonchev–Trinajstić information content (AvgIpc) is 3.17. The van der Waals surface area contributed by atoms with Crippen molar-refractivity contribution < 1.29 is 4.79 Å². The van der Waals surface area contributed by atoms with E-state index in [0.717, 1.165) is 16.0 Å². The number of hydrogen-bond donors (Lipinski definition) is 1. The van der Waals surface area contributed by atoms with Gasteiger partial charge in [0.05, 0.1) is 17.9 Å². The Morgan fingerprint density at radius 2 is 1.79 bits per heavy atom. The van der Waals surface area contributed by atoms with Crippen molar-refractivity contribution in [2.75, 3.05) is 0 Å². The van der Waals surface area contributed by atoms with Crippen LogP contribution in [-0.2, 0) is 11.3 Å². The molecule has 0 bridgehead atoms. The number of carbonyl (C=O) groups is 1. The Balaban J connectivity index is 1.55. The monoisotopic (exact) mass is 389 g/mol. The molecule has 1 N–H and O–H groups in total. The van der Waals surface area contributed by atoms with Crippen LogP contribution in [0.4, 0.5) is 0 Å². The summed E-state index contributed by atoms with van der Waals surface area (Å²) >= 11 is 1.40. The molecule has 4 aromatic rings. The van der Waals surface area contributed by atoms with E-state index in [2.05, 4.69) is 10.3 Å². The molecule has 4 rings (SSSR count). The Morgan fingerprint density at radius 1 is 1.11 bits per heavy atom. The van der Waals surface area contributed by atoms with E-state index in [4.69, 9.17) is 0 Å². The van der Waals surface area contributed by atoms with Crippen molar-refractivity contribution in [3.05, 3.63) is 89.0 Å². The van der Waals surface area contributed by atoms with Gasteiger partial charge in [-0.1, -0.05) is 60.7 Å². The van der Waals surface area contributed by atoms with E-state index in [1.165, 1.54) is 22.2 Å². The van der Waals surface area contributed by atoms with E-state index in [1.807, 2.05) is 73.7 Å². The van der Waals surface area contributed by atoms with Crippen molar-refractivity contribution in [1.29, 1.82) is 0 Å².